The second-order valence-corrected chi connectivity index (χ2v) is 7.38. The Labute approximate surface area is 119 Å². The summed E-state index contributed by atoms with van der Waals surface area (Å²) in [6, 6.07) is -1.65. The van der Waals surface area contributed by atoms with Crippen molar-refractivity contribution in [3.8, 4) is 0 Å². The maximum absolute atomic E-state index is 11.7. The van der Waals surface area contributed by atoms with Crippen molar-refractivity contribution in [1.29, 1.82) is 0 Å². The van der Waals surface area contributed by atoms with Crippen molar-refractivity contribution in [2.75, 3.05) is 11.5 Å². The summed E-state index contributed by atoms with van der Waals surface area (Å²) >= 11 is 0. The van der Waals surface area contributed by atoms with E-state index in [0.717, 1.165) is 12.8 Å². The Kier molecular flexibility index (Phi) is 6.25. The molecular weight excluding hydrogens is 284 g/mol. The highest BCUT2D eigenvalue weighted by molar-refractivity contribution is 7.91. The molecule has 1 aliphatic heterocycles. The molecule has 0 aromatic rings. The number of nitrogens with one attached hydrogen (secondary N) is 2. The summed E-state index contributed by atoms with van der Waals surface area (Å²) in [4.78, 5) is 22.7. The minimum atomic E-state index is -2.97. The minimum Gasteiger partial charge on any atom is -0.480 e. The maximum Gasteiger partial charge on any atom is 0.326 e. The monoisotopic (exact) mass is 306 g/mol. The Morgan fingerprint density at radius 2 is 1.90 bits per heavy atom. The first-order valence-electron chi connectivity index (χ1n) is 6.84. The van der Waals surface area contributed by atoms with Crippen molar-refractivity contribution in [1.82, 2.24) is 10.6 Å². The van der Waals surface area contributed by atoms with E-state index in [9.17, 15) is 18.0 Å². The van der Waals surface area contributed by atoms with Crippen molar-refractivity contribution >= 4 is 21.8 Å². The molecule has 0 saturated carbocycles. The number of carbonyl (C=O) groups excluding carboxylic acids is 1. The smallest absolute Gasteiger partial charge is 0.326 e. The summed E-state index contributed by atoms with van der Waals surface area (Å²) in [7, 11) is -2.97. The van der Waals surface area contributed by atoms with Crippen LogP contribution < -0.4 is 10.6 Å². The average molecular weight is 306 g/mol. The molecule has 0 radical (unpaired) electrons. The topological polar surface area (TPSA) is 113 Å². The Bertz CT molecular complexity index is 435. The molecular formula is C12H22N2O5S. The van der Waals surface area contributed by atoms with E-state index < -0.39 is 27.9 Å². The summed E-state index contributed by atoms with van der Waals surface area (Å²) < 4.78 is 22.5. The van der Waals surface area contributed by atoms with Crippen molar-refractivity contribution in [3.63, 3.8) is 0 Å². The van der Waals surface area contributed by atoms with Gasteiger partial charge in [0.25, 0.3) is 0 Å². The minimum absolute atomic E-state index is 0.0656. The van der Waals surface area contributed by atoms with Gasteiger partial charge in [0, 0.05) is 6.04 Å². The van der Waals surface area contributed by atoms with Crippen LogP contribution in [-0.2, 0) is 14.6 Å². The highest BCUT2D eigenvalue weighted by Crippen LogP contribution is 2.12. The number of carboxylic acid groups (broad SMARTS) is 1. The molecule has 3 N–H and O–H groups in total. The zero-order valence-corrected chi connectivity index (χ0v) is 12.4. The largest absolute Gasteiger partial charge is 0.480 e. The third-order valence-electron chi connectivity index (χ3n) is 3.34. The second-order valence-electron chi connectivity index (χ2n) is 5.08. The SMILES string of the molecule is CCCC[C@H](NC(=O)NC1CCS(=O)(=O)CC1)C(=O)O. The lowest BCUT2D eigenvalue weighted by Crippen LogP contribution is -2.50. The van der Waals surface area contributed by atoms with Gasteiger partial charge in [-0.3, -0.25) is 0 Å². The normalized spacial score (nSPS) is 20.1. The molecule has 0 spiro atoms. The number of carbonyl (C=O) groups is 2. The van der Waals surface area contributed by atoms with Gasteiger partial charge in [-0.2, -0.15) is 0 Å². The van der Waals surface area contributed by atoms with E-state index in [1.165, 1.54) is 0 Å². The summed E-state index contributed by atoms with van der Waals surface area (Å²) in [5.41, 5.74) is 0. The van der Waals surface area contributed by atoms with Gasteiger partial charge in [0.15, 0.2) is 0 Å². The quantitative estimate of drug-likeness (QED) is 0.661. The second kappa shape index (κ2) is 7.47. The van der Waals surface area contributed by atoms with E-state index in [1.54, 1.807) is 0 Å². The van der Waals surface area contributed by atoms with Gasteiger partial charge in [-0.25, -0.2) is 18.0 Å². The molecule has 0 aromatic carbocycles. The number of unbranched alkanes of at least 4 members (excludes halogenated alkanes) is 1. The van der Waals surface area contributed by atoms with E-state index in [-0.39, 0.29) is 17.5 Å². The highest BCUT2D eigenvalue weighted by Gasteiger charge is 2.26. The van der Waals surface area contributed by atoms with Gasteiger partial charge in [-0.05, 0) is 19.3 Å². The highest BCUT2D eigenvalue weighted by atomic mass is 32.2. The van der Waals surface area contributed by atoms with Gasteiger partial charge in [-0.1, -0.05) is 19.8 Å². The van der Waals surface area contributed by atoms with Gasteiger partial charge in [0.2, 0.25) is 0 Å². The van der Waals surface area contributed by atoms with Crippen LogP contribution in [0.4, 0.5) is 4.79 Å². The molecule has 1 atom stereocenters. The molecule has 0 bridgehead atoms. The van der Waals surface area contributed by atoms with Gasteiger partial charge >= 0.3 is 12.0 Å². The fourth-order valence-electron chi connectivity index (χ4n) is 2.09. The lowest BCUT2D eigenvalue weighted by Gasteiger charge is -2.24. The number of sulfone groups is 1. The summed E-state index contributed by atoms with van der Waals surface area (Å²) in [6.07, 6.45) is 2.72. The molecule has 1 rings (SSSR count). The first kappa shape index (κ1) is 16.7. The summed E-state index contributed by atoms with van der Waals surface area (Å²) in [6.45, 7) is 1.95. The Balaban J connectivity index is 2.40. The summed E-state index contributed by atoms with van der Waals surface area (Å²) in [5.74, 6) is -0.924. The Morgan fingerprint density at radius 1 is 1.30 bits per heavy atom. The molecule has 0 aromatic heterocycles. The average Bonchev–Trinajstić information content (AvgIpc) is 2.36. The van der Waals surface area contributed by atoms with Crippen LogP contribution >= 0.6 is 0 Å². The zero-order chi connectivity index (χ0) is 15.2. The number of urea groups is 1. The fourth-order valence-corrected chi connectivity index (χ4v) is 3.58. The predicted molar refractivity (Wildman–Crippen MR) is 74.3 cm³/mol. The van der Waals surface area contributed by atoms with Crippen LogP contribution in [0.15, 0.2) is 0 Å². The van der Waals surface area contributed by atoms with Crippen LogP contribution in [-0.4, -0.2) is 49.1 Å². The van der Waals surface area contributed by atoms with Crippen LogP contribution in [0.25, 0.3) is 0 Å². The standard InChI is InChI=1S/C12H22N2O5S/c1-2-3-4-10(11(15)16)14-12(17)13-9-5-7-20(18,19)8-6-9/h9-10H,2-8H2,1H3,(H,15,16)(H2,13,14,17)/t10-/m0/s1. The van der Waals surface area contributed by atoms with Crippen molar-refractivity contribution in [3.05, 3.63) is 0 Å². The van der Waals surface area contributed by atoms with Crippen LogP contribution in [0, 0.1) is 0 Å². The fraction of sp³-hybridized carbons (Fsp3) is 0.833. The van der Waals surface area contributed by atoms with Crippen LogP contribution in [0.5, 0.6) is 0 Å². The third-order valence-corrected chi connectivity index (χ3v) is 5.06. The number of amides is 2. The zero-order valence-electron chi connectivity index (χ0n) is 11.6. The molecule has 7 nitrogen and oxygen atoms in total. The molecule has 1 fully saturated rings. The first-order valence-corrected chi connectivity index (χ1v) is 8.66. The number of hydrogen-bond donors (Lipinski definition) is 3. The van der Waals surface area contributed by atoms with Gasteiger partial charge in [-0.15, -0.1) is 0 Å². The molecule has 116 valence electrons. The predicted octanol–water partition coefficient (Wildman–Crippen LogP) is 0.506. The van der Waals surface area contributed by atoms with Gasteiger partial charge in [0.05, 0.1) is 11.5 Å². The van der Waals surface area contributed by atoms with E-state index in [4.69, 9.17) is 5.11 Å². The maximum atomic E-state index is 11.7. The first-order chi connectivity index (χ1) is 9.34. The van der Waals surface area contributed by atoms with Gasteiger partial charge in [0.1, 0.15) is 15.9 Å². The van der Waals surface area contributed by atoms with Crippen LogP contribution in [0.1, 0.15) is 39.0 Å². The van der Waals surface area contributed by atoms with Crippen LogP contribution in [0.2, 0.25) is 0 Å². The number of rotatable bonds is 6. The molecule has 20 heavy (non-hydrogen) atoms. The van der Waals surface area contributed by atoms with Crippen molar-refractivity contribution < 1.29 is 23.1 Å². The molecule has 1 saturated heterocycles. The van der Waals surface area contributed by atoms with Gasteiger partial charge < -0.3 is 15.7 Å². The molecule has 0 unspecified atom stereocenters. The number of hydrogen-bond acceptors (Lipinski definition) is 4. The molecule has 8 heteroatoms. The van der Waals surface area contributed by atoms with E-state index in [2.05, 4.69) is 10.6 Å². The molecule has 0 aliphatic carbocycles. The Hall–Kier alpha value is -1.31. The van der Waals surface area contributed by atoms with E-state index in [1.807, 2.05) is 6.92 Å². The van der Waals surface area contributed by atoms with E-state index in [0.29, 0.717) is 19.3 Å². The third kappa shape index (κ3) is 5.77. The summed E-state index contributed by atoms with van der Waals surface area (Å²) in [5, 5.41) is 14.1. The lowest BCUT2D eigenvalue weighted by atomic mass is 10.1. The van der Waals surface area contributed by atoms with E-state index >= 15 is 0 Å². The molecule has 2 amide bonds. The lowest BCUT2D eigenvalue weighted by molar-refractivity contribution is -0.139. The Morgan fingerprint density at radius 3 is 2.40 bits per heavy atom. The molecule has 1 heterocycles. The number of carboxylic acids is 1. The number of aliphatic carboxylic acids is 1. The molecule has 1 aliphatic rings. The van der Waals surface area contributed by atoms with Crippen molar-refractivity contribution in [2.45, 2.75) is 51.1 Å². The van der Waals surface area contributed by atoms with Crippen molar-refractivity contribution in [2.24, 2.45) is 0 Å². The van der Waals surface area contributed by atoms with Crippen LogP contribution in [0.3, 0.4) is 0 Å².